The molecule has 49 heavy (non-hydrogen) atoms. The summed E-state index contributed by atoms with van der Waals surface area (Å²) in [5, 5.41) is 13.1. The molecule has 0 bridgehead atoms. The summed E-state index contributed by atoms with van der Waals surface area (Å²) < 4.78 is 5.99. The Labute approximate surface area is 283 Å². The van der Waals surface area contributed by atoms with Gasteiger partial charge in [0.15, 0.2) is 5.78 Å². The van der Waals surface area contributed by atoms with Crippen molar-refractivity contribution in [2.45, 2.75) is 18.9 Å². The summed E-state index contributed by atoms with van der Waals surface area (Å²) >= 11 is 0. The van der Waals surface area contributed by atoms with Crippen molar-refractivity contribution >= 4 is 40.1 Å². The number of hydrogen-bond acceptors (Lipinski definition) is 7. The van der Waals surface area contributed by atoms with E-state index in [4.69, 9.17) is 4.74 Å². The van der Waals surface area contributed by atoms with E-state index in [-0.39, 0.29) is 23.8 Å². The second kappa shape index (κ2) is 15.5. The first kappa shape index (κ1) is 32.6. The summed E-state index contributed by atoms with van der Waals surface area (Å²) in [4.78, 5) is 49.6. The molecule has 0 fully saturated rings. The van der Waals surface area contributed by atoms with E-state index in [1.165, 1.54) is 6.20 Å². The van der Waals surface area contributed by atoms with Crippen LogP contribution in [0.3, 0.4) is 0 Å². The van der Waals surface area contributed by atoms with E-state index in [1.54, 1.807) is 65.6 Å². The maximum absolute atomic E-state index is 13.6. The van der Waals surface area contributed by atoms with Crippen molar-refractivity contribution in [3.05, 3.63) is 162 Å². The standard InChI is InChI=1S/C40H34N4O5/c45-38(29-12-3-1-4-13-29)32-16-7-8-17-33(32)42-36(40(47)48)26-28-20-22-31(23-21-28)49-25-11-24-44(30-14-5-2-6-15-30)39(46)37-27-41-34-18-9-10-19-35(34)43-37/h1-10,12-23,27,36,42H,11,24-26H2,(H,47,48). The molecular formula is C40H34N4O5. The van der Waals surface area contributed by atoms with Crippen molar-refractivity contribution in [3.8, 4) is 5.75 Å². The van der Waals surface area contributed by atoms with E-state index in [0.29, 0.717) is 47.7 Å². The number of anilines is 2. The number of nitrogens with one attached hydrogen (secondary N) is 1. The minimum absolute atomic E-state index is 0.187. The monoisotopic (exact) mass is 650 g/mol. The van der Waals surface area contributed by atoms with Crippen molar-refractivity contribution in [1.82, 2.24) is 9.97 Å². The summed E-state index contributed by atoms with van der Waals surface area (Å²) in [6.07, 6.45) is 2.25. The van der Waals surface area contributed by atoms with Crippen LogP contribution in [0.15, 0.2) is 140 Å². The van der Waals surface area contributed by atoms with Gasteiger partial charge < -0.3 is 20.1 Å². The van der Waals surface area contributed by atoms with Crippen LogP contribution in [0.25, 0.3) is 11.0 Å². The first-order valence-electron chi connectivity index (χ1n) is 15.9. The SMILES string of the molecule is O=C(c1ccccc1)c1ccccc1NC(Cc1ccc(OCCCN(C(=O)c2cnc3ccccc3n2)c2ccccc2)cc1)C(=O)O. The molecule has 0 aliphatic carbocycles. The van der Waals surface area contributed by atoms with Gasteiger partial charge in [-0.25, -0.2) is 9.78 Å². The van der Waals surface area contributed by atoms with Gasteiger partial charge >= 0.3 is 5.97 Å². The number of para-hydroxylation sites is 4. The molecule has 0 aliphatic heterocycles. The van der Waals surface area contributed by atoms with Crippen LogP contribution < -0.4 is 15.0 Å². The number of ketones is 1. The van der Waals surface area contributed by atoms with Gasteiger partial charge in [-0.1, -0.05) is 84.9 Å². The molecule has 1 amide bonds. The molecule has 0 aliphatic rings. The van der Waals surface area contributed by atoms with Crippen LogP contribution in [0.4, 0.5) is 11.4 Å². The number of hydrogen-bond donors (Lipinski definition) is 2. The highest BCUT2D eigenvalue weighted by atomic mass is 16.5. The van der Waals surface area contributed by atoms with Gasteiger partial charge in [-0.05, 0) is 60.5 Å². The fraction of sp³-hybridized carbons (Fsp3) is 0.125. The Kier molecular flexibility index (Phi) is 10.3. The lowest BCUT2D eigenvalue weighted by molar-refractivity contribution is -0.137. The highest BCUT2D eigenvalue weighted by Crippen LogP contribution is 2.23. The van der Waals surface area contributed by atoms with Gasteiger partial charge in [0.25, 0.3) is 5.91 Å². The minimum Gasteiger partial charge on any atom is -0.494 e. The molecule has 244 valence electrons. The molecule has 2 N–H and O–H groups in total. The summed E-state index contributed by atoms with van der Waals surface area (Å²) in [6, 6.07) is 38.9. The summed E-state index contributed by atoms with van der Waals surface area (Å²) in [5.74, 6) is -0.842. The third-order valence-corrected chi connectivity index (χ3v) is 7.97. The smallest absolute Gasteiger partial charge is 0.326 e. The van der Waals surface area contributed by atoms with E-state index in [1.807, 2.05) is 72.8 Å². The molecule has 0 saturated carbocycles. The predicted octanol–water partition coefficient (Wildman–Crippen LogP) is 7.08. The molecule has 1 atom stereocenters. The van der Waals surface area contributed by atoms with Gasteiger partial charge in [0.1, 0.15) is 17.5 Å². The van der Waals surface area contributed by atoms with E-state index in [0.717, 1.165) is 16.8 Å². The molecule has 1 aromatic heterocycles. The van der Waals surface area contributed by atoms with Gasteiger partial charge in [-0.15, -0.1) is 0 Å². The van der Waals surface area contributed by atoms with Crippen molar-refractivity contribution < 1.29 is 24.2 Å². The number of carbonyl (C=O) groups is 3. The Morgan fingerprint density at radius 1 is 0.755 bits per heavy atom. The largest absolute Gasteiger partial charge is 0.494 e. The lowest BCUT2D eigenvalue weighted by atomic mass is 10.00. The fourth-order valence-corrected chi connectivity index (χ4v) is 5.46. The number of rotatable bonds is 14. The van der Waals surface area contributed by atoms with Gasteiger partial charge in [-0.3, -0.25) is 14.6 Å². The number of aromatic nitrogens is 2. The summed E-state index contributed by atoms with van der Waals surface area (Å²) in [5.41, 5.74) is 4.57. The Hall–Kier alpha value is -6.35. The quantitative estimate of drug-likeness (QED) is 0.0947. The van der Waals surface area contributed by atoms with Crippen LogP contribution in [-0.2, 0) is 11.2 Å². The number of carboxylic acid groups (broad SMARTS) is 1. The van der Waals surface area contributed by atoms with Crippen LogP contribution in [0.1, 0.15) is 38.4 Å². The van der Waals surface area contributed by atoms with Crippen LogP contribution in [0.2, 0.25) is 0 Å². The molecule has 5 aromatic carbocycles. The number of fused-ring (bicyclic) bond motifs is 1. The molecular weight excluding hydrogens is 616 g/mol. The van der Waals surface area contributed by atoms with E-state index in [2.05, 4.69) is 15.3 Å². The molecule has 0 saturated heterocycles. The topological polar surface area (TPSA) is 122 Å². The number of carboxylic acids is 1. The molecule has 9 nitrogen and oxygen atoms in total. The highest BCUT2D eigenvalue weighted by molar-refractivity contribution is 6.12. The number of carbonyl (C=O) groups excluding carboxylic acids is 2. The number of aliphatic carboxylic acids is 1. The lowest BCUT2D eigenvalue weighted by Gasteiger charge is -2.22. The zero-order valence-electron chi connectivity index (χ0n) is 26.6. The van der Waals surface area contributed by atoms with Gasteiger partial charge in [0.05, 0.1) is 23.8 Å². The zero-order valence-corrected chi connectivity index (χ0v) is 26.6. The molecule has 6 aromatic rings. The minimum atomic E-state index is -1.03. The first-order chi connectivity index (χ1) is 24.0. The van der Waals surface area contributed by atoms with E-state index >= 15 is 0 Å². The lowest BCUT2D eigenvalue weighted by Crippen LogP contribution is -2.33. The number of nitrogens with zero attached hydrogens (tertiary/aromatic N) is 3. The van der Waals surface area contributed by atoms with Gasteiger partial charge in [0.2, 0.25) is 0 Å². The Balaban J connectivity index is 1.06. The molecule has 1 unspecified atom stereocenters. The van der Waals surface area contributed by atoms with Crippen LogP contribution in [0.5, 0.6) is 5.75 Å². The number of amides is 1. The highest BCUT2D eigenvalue weighted by Gasteiger charge is 2.22. The van der Waals surface area contributed by atoms with Gasteiger partial charge in [-0.2, -0.15) is 0 Å². The van der Waals surface area contributed by atoms with Crippen LogP contribution >= 0.6 is 0 Å². The van der Waals surface area contributed by atoms with E-state index < -0.39 is 12.0 Å². The Bertz CT molecular complexity index is 2050. The summed E-state index contributed by atoms with van der Waals surface area (Å²) in [7, 11) is 0. The second-order valence-electron chi connectivity index (χ2n) is 11.4. The normalized spacial score (nSPS) is 11.4. The van der Waals surface area contributed by atoms with Crippen molar-refractivity contribution in [3.63, 3.8) is 0 Å². The van der Waals surface area contributed by atoms with Crippen LogP contribution in [-0.4, -0.2) is 51.9 Å². The van der Waals surface area contributed by atoms with Crippen molar-refractivity contribution in [2.24, 2.45) is 0 Å². The fourth-order valence-electron chi connectivity index (χ4n) is 5.46. The van der Waals surface area contributed by atoms with Crippen LogP contribution in [0, 0.1) is 0 Å². The third-order valence-electron chi connectivity index (χ3n) is 7.97. The third kappa shape index (κ3) is 8.15. The number of benzene rings is 5. The maximum atomic E-state index is 13.6. The maximum Gasteiger partial charge on any atom is 0.326 e. The molecule has 9 heteroatoms. The van der Waals surface area contributed by atoms with Crippen molar-refractivity contribution in [1.29, 1.82) is 0 Å². The van der Waals surface area contributed by atoms with Crippen molar-refractivity contribution in [2.75, 3.05) is 23.4 Å². The average molecular weight is 651 g/mol. The molecule has 1 heterocycles. The Morgan fingerprint density at radius 3 is 2.14 bits per heavy atom. The first-order valence-corrected chi connectivity index (χ1v) is 15.9. The number of ether oxygens (including phenoxy) is 1. The van der Waals surface area contributed by atoms with E-state index in [9.17, 15) is 19.5 Å². The average Bonchev–Trinajstić information content (AvgIpc) is 3.15. The predicted molar refractivity (Wildman–Crippen MR) is 189 cm³/mol. The van der Waals surface area contributed by atoms with Gasteiger partial charge in [0, 0.05) is 35.5 Å². The molecule has 6 rings (SSSR count). The molecule has 0 spiro atoms. The second-order valence-corrected chi connectivity index (χ2v) is 11.4. The summed E-state index contributed by atoms with van der Waals surface area (Å²) in [6.45, 7) is 0.751. The zero-order chi connectivity index (χ0) is 34.0. The molecule has 0 radical (unpaired) electrons. The Morgan fingerprint density at radius 2 is 1.41 bits per heavy atom.